The SMILES string of the molecule is COc1ccc(OC)c(CN2CCN(CC(=O)Nc3ccc(Cl)cc3C(F)(F)F)CC2)c1. The van der Waals surface area contributed by atoms with Gasteiger partial charge in [0.2, 0.25) is 5.91 Å². The van der Waals surface area contributed by atoms with Crippen molar-refractivity contribution in [2.45, 2.75) is 12.7 Å². The van der Waals surface area contributed by atoms with Gasteiger partial charge in [-0.15, -0.1) is 0 Å². The van der Waals surface area contributed by atoms with Gasteiger partial charge in [0.05, 0.1) is 32.0 Å². The number of methoxy groups -OCH3 is 2. The number of anilines is 1. The van der Waals surface area contributed by atoms with Crippen molar-refractivity contribution < 1.29 is 27.4 Å². The minimum absolute atomic E-state index is 0.0102. The summed E-state index contributed by atoms with van der Waals surface area (Å²) in [6, 6.07) is 8.93. The molecule has 6 nitrogen and oxygen atoms in total. The smallest absolute Gasteiger partial charge is 0.418 e. The van der Waals surface area contributed by atoms with Crippen LogP contribution in [0.4, 0.5) is 18.9 Å². The third-order valence-electron chi connectivity index (χ3n) is 5.27. The molecule has 0 unspecified atom stereocenters. The van der Waals surface area contributed by atoms with Crippen LogP contribution in [0.25, 0.3) is 0 Å². The number of nitrogens with one attached hydrogen (secondary N) is 1. The summed E-state index contributed by atoms with van der Waals surface area (Å²) in [6.45, 7) is 3.33. The molecule has 2 aromatic rings. The van der Waals surface area contributed by atoms with Crippen LogP contribution in [0.2, 0.25) is 5.02 Å². The third kappa shape index (κ3) is 6.27. The molecule has 3 rings (SSSR count). The number of carbonyl (C=O) groups excluding carboxylic acids is 1. The normalized spacial score (nSPS) is 15.4. The molecule has 1 fully saturated rings. The fourth-order valence-electron chi connectivity index (χ4n) is 3.60. The molecule has 0 radical (unpaired) electrons. The molecule has 1 aliphatic heterocycles. The Morgan fingerprint density at radius 3 is 2.34 bits per heavy atom. The van der Waals surface area contributed by atoms with E-state index in [2.05, 4.69) is 10.2 Å². The molecule has 32 heavy (non-hydrogen) atoms. The summed E-state index contributed by atoms with van der Waals surface area (Å²) in [7, 11) is 3.23. The lowest BCUT2D eigenvalue weighted by molar-refractivity contribution is -0.137. The number of carbonyl (C=O) groups is 1. The molecule has 0 aromatic heterocycles. The molecule has 1 amide bonds. The average molecular weight is 472 g/mol. The van der Waals surface area contributed by atoms with Gasteiger partial charge >= 0.3 is 6.18 Å². The summed E-state index contributed by atoms with van der Waals surface area (Å²) in [5.74, 6) is 1.02. The van der Waals surface area contributed by atoms with Crippen LogP contribution in [0, 0.1) is 0 Å². The molecule has 1 aliphatic rings. The van der Waals surface area contributed by atoms with Gasteiger partial charge in [0, 0.05) is 43.3 Å². The fraction of sp³-hybridized carbons (Fsp3) is 0.409. The molecule has 2 aromatic carbocycles. The second-order valence-corrected chi connectivity index (χ2v) is 7.90. The molecular formula is C22H25ClF3N3O3. The number of rotatable bonds is 7. The van der Waals surface area contributed by atoms with E-state index in [4.69, 9.17) is 21.1 Å². The molecule has 0 atom stereocenters. The van der Waals surface area contributed by atoms with Crippen LogP contribution in [0.1, 0.15) is 11.1 Å². The van der Waals surface area contributed by atoms with Gasteiger partial charge < -0.3 is 14.8 Å². The van der Waals surface area contributed by atoms with E-state index in [-0.39, 0.29) is 17.3 Å². The van der Waals surface area contributed by atoms with E-state index in [9.17, 15) is 18.0 Å². The predicted octanol–water partition coefficient (Wildman–Crippen LogP) is 4.13. The first-order valence-corrected chi connectivity index (χ1v) is 10.4. The van der Waals surface area contributed by atoms with Crippen molar-refractivity contribution in [3.8, 4) is 11.5 Å². The van der Waals surface area contributed by atoms with E-state index in [0.29, 0.717) is 32.7 Å². The van der Waals surface area contributed by atoms with Gasteiger partial charge in [0.1, 0.15) is 11.5 Å². The predicted molar refractivity (Wildman–Crippen MR) is 116 cm³/mol. The van der Waals surface area contributed by atoms with Gasteiger partial charge in [-0.2, -0.15) is 13.2 Å². The van der Waals surface area contributed by atoms with Gasteiger partial charge in [0.25, 0.3) is 0 Å². The van der Waals surface area contributed by atoms with Crippen molar-refractivity contribution in [3.05, 3.63) is 52.5 Å². The average Bonchev–Trinajstić information content (AvgIpc) is 2.75. The van der Waals surface area contributed by atoms with Crippen LogP contribution >= 0.6 is 11.6 Å². The second-order valence-electron chi connectivity index (χ2n) is 7.47. The molecule has 1 saturated heterocycles. The maximum Gasteiger partial charge on any atom is 0.418 e. The van der Waals surface area contributed by atoms with Crippen LogP contribution < -0.4 is 14.8 Å². The first kappa shape index (κ1) is 24.2. The van der Waals surface area contributed by atoms with Crippen LogP contribution in [-0.4, -0.2) is 62.7 Å². The largest absolute Gasteiger partial charge is 0.497 e. The lowest BCUT2D eigenvalue weighted by atomic mass is 10.1. The van der Waals surface area contributed by atoms with Crippen molar-refractivity contribution in [2.75, 3.05) is 52.3 Å². The summed E-state index contributed by atoms with van der Waals surface area (Å²) < 4.78 is 50.4. The van der Waals surface area contributed by atoms with Gasteiger partial charge in [0.15, 0.2) is 0 Å². The van der Waals surface area contributed by atoms with Crippen molar-refractivity contribution in [1.29, 1.82) is 0 Å². The number of hydrogen-bond acceptors (Lipinski definition) is 5. The topological polar surface area (TPSA) is 54.0 Å². The minimum Gasteiger partial charge on any atom is -0.497 e. The van der Waals surface area contributed by atoms with Crippen molar-refractivity contribution >= 4 is 23.2 Å². The molecule has 0 saturated carbocycles. The summed E-state index contributed by atoms with van der Waals surface area (Å²) >= 11 is 5.68. The van der Waals surface area contributed by atoms with Crippen molar-refractivity contribution in [2.24, 2.45) is 0 Å². The zero-order chi connectivity index (χ0) is 23.3. The highest BCUT2D eigenvalue weighted by atomic mass is 35.5. The van der Waals surface area contributed by atoms with E-state index in [1.807, 2.05) is 23.1 Å². The Morgan fingerprint density at radius 1 is 1.03 bits per heavy atom. The van der Waals surface area contributed by atoms with Crippen molar-refractivity contribution in [3.63, 3.8) is 0 Å². The Bertz CT molecular complexity index is 948. The number of ether oxygens (including phenoxy) is 2. The number of piperazine rings is 1. The highest BCUT2D eigenvalue weighted by Crippen LogP contribution is 2.36. The van der Waals surface area contributed by atoms with Gasteiger partial charge in [-0.1, -0.05) is 11.6 Å². The Balaban J connectivity index is 1.54. The summed E-state index contributed by atoms with van der Waals surface area (Å²) in [4.78, 5) is 16.5. The molecule has 0 bridgehead atoms. The van der Waals surface area contributed by atoms with Gasteiger partial charge in [-0.3, -0.25) is 14.6 Å². The second kappa shape index (κ2) is 10.4. The van der Waals surface area contributed by atoms with Crippen LogP contribution in [0.15, 0.2) is 36.4 Å². The number of halogens is 4. The lowest BCUT2D eigenvalue weighted by Crippen LogP contribution is -2.48. The maximum absolute atomic E-state index is 13.2. The maximum atomic E-state index is 13.2. The fourth-order valence-corrected chi connectivity index (χ4v) is 3.78. The monoisotopic (exact) mass is 471 g/mol. The Kier molecular flexibility index (Phi) is 7.86. The molecule has 1 N–H and O–H groups in total. The standard InChI is InChI=1S/C22H25ClF3N3O3/c1-31-17-4-6-20(32-2)15(11-17)13-28-7-9-29(10-8-28)14-21(30)27-19-5-3-16(23)12-18(19)22(24,25)26/h3-6,11-12H,7-10,13-14H2,1-2H3,(H,27,30). The Morgan fingerprint density at radius 2 is 1.72 bits per heavy atom. The van der Waals surface area contributed by atoms with E-state index >= 15 is 0 Å². The molecule has 10 heteroatoms. The molecule has 0 spiro atoms. The van der Waals surface area contributed by atoms with Gasteiger partial charge in [-0.25, -0.2) is 0 Å². The first-order chi connectivity index (χ1) is 15.2. The van der Waals surface area contributed by atoms with E-state index in [1.54, 1.807) is 14.2 Å². The quantitative estimate of drug-likeness (QED) is 0.658. The number of alkyl halides is 3. The van der Waals surface area contributed by atoms with Crippen LogP contribution in [0.3, 0.4) is 0 Å². The van der Waals surface area contributed by atoms with Crippen LogP contribution in [0.5, 0.6) is 11.5 Å². The van der Waals surface area contributed by atoms with Crippen molar-refractivity contribution in [1.82, 2.24) is 9.80 Å². The first-order valence-electron chi connectivity index (χ1n) is 10.0. The van der Waals surface area contributed by atoms with Gasteiger partial charge in [-0.05, 0) is 36.4 Å². The zero-order valence-electron chi connectivity index (χ0n) is 17.8. The zero-order valence-corrected chi connectivity index (χ0v) is 18.6. The molecular weight excluding hydrogens is 447 g/mol. The van der Waals surface area contributed by atoms with E-state index < -0.39 is 17.6 Å². The highest BCUT2D eigenvalue weighted by molar-refractivity contribution is 6.30. The number of benzene rings is 2. The van der Waals surface area contributed by atoms with E-state index in [0.717, 1.165) is 23.1 Å². The number of hydrogen-bond donors (Lipinski definition) is 1. The molecule has 1 heterocycles. The Hall–Kier alpha value is -2.49. The highest BCUT2D eigenvalue weighted by Gasteiger charge is 2.34. The third-order valence-corrected chi connectivity index (χ3v) is 5.51. The Labute approximate surface area is 189 Å². The van der Waals surface area contributed by atoms with E-state index in [1.165, 1.54) is 12.1 Å². The lowest BCUT2D eigenvalue weighted by Gasteiger charge is -2.34. The molecule has 0 aliphatic carbocycles. The molecule has 174 valence electrons. The number of amides is 1. The number of nitrogens with zero attached hydrogens (tertiary/aromatic N) is 2. The summed E-state index contributed by atoms with van der Waals surface area (Å²) in [5, 5.41) is 2.32. The minimum atomic E-state index is -4.61. The van der Waals surface area contributed by atoms with Crippen LogP contribution in [-0.2, 0) is 17.5 Å². The summed E-state index contributed by atoms with van der Waals surface area (Å²) in [6.07, 6.45) is -4.61. The summed E-state index contributed by atoms with van der Waals surface area (Å²) in [5.41, 5.74) is -0.258.